The summed E-state index contributed by atoms with van der Waals surface area (Å²) in [6.45, 7) is 1.93. The molecule has 1 aromatic rings. The number of phenols is 1. The summed E-state index contributed by atoms with van der Waals surface area (Å²) in [5.41, 5.74) is -2.81. The maximum Gasteiger partial charge on any atom is 0.331 e. The summed E-state index contributed by atoms with van der Waals surface area (Å²) in [6, 6.07) is 5.94. The highest BCUT2D eigenvalue weighted by atomic mass is 16.8. The van der Waals surface area contributed by atoms with Crippen LogP contribution in [-0.2, 0) is 33.3 Å². The van der Waals surface area contributed by atoms with Crippen LogP contribution < -0.4 is 0 Å². The van der Waals surface area contributed by atoms with E-state index in [4.69, 9.17) is 23.7 Å². The first-order valence-electron chi connectivity index (χ1n) is 12.3. The second-order valence-electron chi connectivity index (χ2n) is 9.97. The molecule has 0 amide bonds. The Hall–Kier alpha value is -3.04. The van der Waals surface area contributed by atoms with Gasteiger partial charge in [-0.25, -0.2) is 4.79 Å². The maximum atomic E-state index is 12.5. The van der Waals surface area contributed by atoms with Crippen molar-refractivity contribution in [1.82, 2.24) is 0 Å². The number of carbonyl (C=O) groups excluding carboxylic acids is 2. The fraction of sp³-hybridized carbons (Fsp3) is 0.538. The summed E-state index contributed by atoms with van der Waals surface area (Å²) in [5, 5.41) is 62.4. The Morgan fingerprint density at radius 3 is 2.46 bits per heavy atom. The van der Waals surface area contributed by atoms with E-state index in [2.05, 4.69) is 0 Å². The van der Waals surface area contributed by atoms with Crippen molar-refractivity contribution in [2.24, 2.45) is 5.92 Å². The molecule has 13 nitrogen and oxygen atoms in total. The SMILES string of the molecule is CC(=O)O[C@@]1(C)C[C@@H](O)[C@]2(O)C=CO[C@@H](O[C@@H]3O[C@H](CO)[C@@H](O)[C@H](OC(=O)/C=C/c4ccc(O)cc4)[C@H]3O)[C@@H]21. The molecule has 3 aliphatic rings. The van der Waals surface area contributed by atoms with Crippen LogP contribution in [0.5, 0.6) is 5.75 Å². The average Bonchev–Trinajstić information content (AvgIpc) is 3.07. The molecule has 6 N–H and O–H groups in total. The van der Waals surface area contributed by atoms with Gasteiger partial charge in [0.2, 0.25) is 6.29 Å². The summed E-state index contributed by atoms with van der Waals surface area (Å²) >= 11 is 0. The number of phenolic OH excluding ortho intramolecular Hbond substituents is 1. The van der Waals surface area contributed by atoms with Gasteiger partial charge in [0.15, 0.2) is 12.4 Å². The molecule has 1 aliphatic carbocycles. The molecule has 0 bridgehead atoms. The van der Waals surface area contributed by atoms with Gasteiger partial charge in [0, 0.05) is 19.4 Å². The molecule has 0 radical (unpaired) electrons. The lowest BCUT2D eigenvalue weighted by Crippen LogP contribution is -2.63. The van der Waals surface area contributed by atoms with E-state index in [9.17, 15) is 40.2 Å². The first kappa shape index (κ1) is 29.0. The molecule has 4 rings (SSSR count). The number of benzene rings is 1. The largest absolute Gasteiger partial charge is 0.508 e. The Balaban J connectivity index is 1.52. The van der Waals surface area contributed by atoms with Crippen LogP contribution >= 0.6 is 0 Å². The first-order chi connectivity index (χ1) is 18.4. The maximum absolute atomic E-state index is 12.5. The van der Waals surface area contributed by atoms with Gasteiger partial charge >= 0.3 is 11.9 Å². The minimum Gasteiger partial charge on any atom is -0.508 e. The van der Waals surface area contributed by atoms with Gasteiger partial charge in [-0.15, -0.1) is 0 Å². The van der Waals surface area contributed by atoms with Crippen LogP contribution in [0.1, 0.15) is 25.8 Å². The molecule has 0 unspecified atom stereocenters. The number of esters is 2. The lowest BCUT2D eigenvalue weighted by Gasteiger charge is -2.46. The zero-order valence-corrected chi connectivity index (χ0v) is 21.2. The molecule has 214 valence electrons. The van der Waals surface area contributed by atoms with E-state index < -0.39 is 78.8 Å². The van der Waals surface area contributed by atoms with Crippen molar-refractivity contribution in [1.29, 1.82) is 0 Å². The highest BCUT2D eigenvalue weighted by Gasteiger charge is 2.66. The van der Waals surface area contributed by atoms with E-state index in [0.717, 1.165) is 12.3 Å². The quantitative estimate of drug-likeness (QED) is 0.179. The average molecular weight is 553 g/mol. The fourth-order valence-corrected chi connectivity index (χ4v) is 5.30. The second kappa shape index (κ2) is 11.2. The van der Waals surface area contributed by atoms with Gasteiger partial charge in [0.25, 0.3) is 0 Å². The third-order valence-electron chi connectivity index (χ3n) is 7.13. The van der Waals surface area contributed by atoms with Crippen LogP contribution in [0.15, 0.2) is 42.7 Å². The molecule has 2 heterocycles. The Bertz CT molecular complexity index is 1100. The van der Waals surface area contributed by atoms with E-state index in [0.29, 0.717) is 5.56 Å². The van der Waals surface area contributed by atoms with Crippen molar-refractivity contribution in [2.75, 3.05) is 6.61 Å². The van der Waals surface area contributed by atoms with Gasteiger partial charge in [0.1, 0.15) is 35.3 Å². The van der Waals surface area contributed by atoms with Gasteiger partial charge in [0.05, 0.1) is 24.9 Å². The van der Waals surface area contributed by atoms with Crippen LogP contribution in [0.3, 0.4) is 0 Å². The number of fused-ring (bicyclic) bond motifs is 1. The molecule has 1 saturated carbocycles. The lowest BCUT2D eigenvalue weighted by molar-refractivity contribution is -0.351. The van der Waals surface area contributed by atoms with Crippen molar-refractivity contribution in [2.45, 2.75) is 74.6 Å². The molecular formula is C26H32O13. The number of carbonyl (C=O) groups is 2. The minimum atomic E-state index is -1.92. The summed E-state index contributed by atoms with van der Waals surface area (Å²) in [7, 11) is 0. The number of hydrogen-bond donors (Lipinski definition) is 6. The van der Waals surface area contributed by atoms with Crippen LogP contribution in [0, 0.1) is 5.92 Å². The molecule has 1 aromatic carbocycles. The fourth-order valence-electron chi connectivity index (χ4n) is 5.30. The Morgan fingerprint density at radius 2 is 1.82 bits per heavy atom. The molecule has 2 fully saturated rings. The second-order valence-corrected chi connectivity index (χ2v) is 9.97. The number of rotatable bonds is 7. The van der Waals surface area contributed by atoms with Crippen molar-refractivity contribution in [3.63, 3.8) is 0 Å². The molecule has 0 spiro atoms. The Labute approximate surface area is 223 Å². The Morgan fingerprint density at radius 1 is 1.13 bits per heavy atom. The summed E-state index contributed by atoms with van der Waals surface area (Å²) in [5.74, 6) is -2.75. The number of aliphatic hydroxyl groups is 5. The number of hydrogen-bond acceptors (Lipinski definition) is 13. The van der Waals surface area contributed by atoms with Crippen molar-refractivity contribution in [3.8, 4) is 5.75 Å². The van der Waals surface area contributed by atoms with E-state index >= 15 is 0 Å². The van der Waals surface area contributed by atoms with Gasteiger partial charge < -0.3 is 54.3 Å². The summed E-state index contributed by atoms with van der Waals surface area (Å²) in [6.07, 6.45) is -6.24. The van der Waals surface area contributed by atoms with Crippen molar-refractivity contribution in [3.05, 3.63) is 48.2 Å². The normalized spacial score (nSPS) is 39.7. The molecule has 10 atom stereocenters. The van der Waals surface area contributed by atoms with Crippen LogP contribution in [-0.4, -0.2) is 103 Å². The highest BCUT2D eigenvalue weighted by molar-refractivity contribution is 5.87. The van der Waals surface area contributed by atoms with E-state index in [1.807, 2.05) is 0 Å². The number of aliphatic hydroxyl groups excluding tert-OH is 4. The zero-order valence-electron chi connectivity index (χ0n) is 21.2. The monoisotopic (exact) mass is 552 g/mol. The lowest BCUT2D eigenvalue weighted by atomic mass is 9.81. The minimum absolute atomic E-state index is 0.0421. The number of ether oxygens (including phenoxy) is 5. The van der Waals surface area contributed by atoms with Gasteiger partial charge in [-0.05, 0) is 36.8 Å². The van der Waals surface area contributed by atoms with Gasteiger partial charge in [-0.3, -0.25) is 4.79 Å². The third-order valence-corrected chi connectivity index (χ3v) is 7.13. The predicted octanol–water partition coefficient (Wildman–Crippen LogP) is -0.923. The van der Waals surface area contributed by atoms with Crippen LogP contribution in [0.4, 0.5) is 0 Å². The van der Waals surface area contributed by atoms with E-state index in [-0.39, 0.29) is 12.2 Å². The van der Waals surface area contributed by atoms with Crippen molar-refractivity contribution >= 4 is 18.0 Å². The molecule has 1 saturated heterocycles. The third kappa shape index (κ3) is 5.79. The topological polar surface area (TPSA) is 202 Å². The molecule has 39 heavy (non-hydrogen) atoms. The van der Waals surface area contributed by atoms with Crippen molar-refractivity contribution < 1.29 is 63.9 Å². The summed E-state index contributed by atoms with van der Waals surface area (Å²) < 4.78 is 27.5. The highest BCUT2D eigenvalue weighted by Crippen LogP contribution is 2.51. The predicted molar refractivity (Wildman–Crippen MR) is 129 cm³/mol. The number of aromatic hydroxyl groups is 1. The van der Waals surface area contributed by atoms with Crippen LogP contribution in [0.25, 0.3) is 6.08 Å². The smallest absolute Gasteiger partial charge is 0.331 e. The molecular weight excluding hydrogens is 520 g/mol. The first-order valence-corrected chi connectivity index (χ1v) is 12.3. The van der Waals surface area contributed by atoms with Gasteiger partial charge in [-0.1, -0.05) is 12.1 Å². The molecule has 2 aliphatic heterocycles. The van der Waals surface area contributed by atoms with E-state index in [1.54, 1.807) is 12.1 Å². The van der Waals surface area contributed by atoms with Gasteiger partial charge in [-0.2, -0.15) is 0 Å². The van der Waals surface area contributed by atoms with E-state index in [1.165, 1.54) is 38.1 Å². The zero-order chi connectivity index (χ0) is 28.5. The molecule has 13 heteroatoms. The van der Waals surface area contributed by atoms with Crippen LogP contribution in [0.2, 0.25) is 0 Å². The standard InChI is InChI=1S/C26H32O13/c1-13(28)39-25(2)11-17(30)26(34)9-10-35-24(22(25)26)38-23-20(33)21(19(32)16(12-27)36-23)37-18(31)8-5-14-3-6-15(29)7-4-14/h3-10,16-17,19-24,27,29-30,32-34H,11-12H2,1-2H3/b8-5+/t16-,17-,19-,20-,21+,22-,23+,24+,25+,26-/m1/s1. The Kier molecular flexibility index (Phi) is 8.33. The molecule has 0 aromatic heterocycles. The summed E-state index contributed by atoms with van der Waals surface area (Å²) in [4.78, 5) is 24.3.